The molecule has 0 unspecified atom stereocenters. The predicted octanol–water partition coefficient (Wildman–Crippen LogP) is 0.887. The van der Waals surface area contributed by atoms with E-state index in [9.17, 15) is 4.79 Å². The van der Waals surface area contributed by atoms with Crippen molar-refractivity contribution in [3.05, 3.63) is 33.8 Å². The molecule has 0 radical (unpaired) electrons. The summed E-state index contributed by atoms with van der Waals surface area (Å²) in [5.41, 5.74) is 9.50. The summed E-state index contributed by atoms with van der Waals surface area (Å²) in [5, 5.41) is 8.02. The minimum absolute atomic E-state index is 0.126. The molecule has 0 atom stereocenters. The number of allylic oxidation sites excluding steroid dienone is 2. The highest BCUT2D eigenvalue weighted by Crippen LogP contribution is 2.30. The lowest BCUT2D eigenvalue weighted by Gasteiger charge is -2.19. The van der Waals surface area contributed by atoms with Gasteiger partial charge in [0, 0.05) is 32.3 Å². The van der Waals surface area contributed by atoms with Crippen LogP contribution in [0, 0.1) is 5.41 Å². The van der Waals surface area contributed by atoms with Crippen molar-refractivity contribution >= 4 is 22.9 Å². The van der Waals surface area contributed by atoms with Crippen molar-refractivity contribution in [3.63, 3.8) is 0 Å². The Morgan fingerprint density at radius 1 is 1.23 bits per heavy atom. The molecule has 0 bridgehead atoms. The quantitative estimate of drug-likeness (QED) is 0.754. The van der Waals surface area contributed by atoms with E-state index in [1.54, 1.807) is 16.8 Å². The van der Waals surface area contributed by atoms with Gasteiger partial charge >= 0.3 is 0 Å². The molecular weight excluding hydrogens is 280 g/mol. The normalized spacial score (nSPS) is 22.0. The van der Waals surface area contributed by atoms with Crippen molar-refractivity contribution in [3.8, 4) is 0 Å². The number of nitrogens with one attached hydrogen (secondary N) is 1. The Labute approximate surface area is 127 Å². The number of hydrogen-bond acceptors (Lipinski definition) is 5. The second-order valence-corrected chi connectivity index (χ2v) is 5.88. The first-order chi connectivity index (χ1) is 10.6. The molecule has 1 aromatic rings. The average molecular weight is 298 g/mol. The van der Waals surface area contributed by atoms with Gasteiger partial charge in [-0.05, 0) is 25.0 Å². The van der Waals surface area contributed by atoms with Crippen LogP contribution in [-0.2, 0) is 13.1 Å². The van der Waals surface area contributed by atoms with E-state index in [0.717, 1.165) is 42.9 Å². The van der Waals surface area contributed by atoms with Crippen LogP contribution in [0.5, 0.6) is 0 Å². The molecule has 3 N–H and O–H groups in total. The fraction of sp³-hybridized carbons (Fsp3) is 0.400. The van der Waals surface area contributed by atoms with Crippen molar-refractivity contribution in [2.75, 3.05) is 19.3 Å². The largest absolute Gasteiger partial charge is 0.382 e. The molecule has 0 spiro atoms. The maximum absolute atomic E-state index is 12.5. The smallest absolute Gasteiger partial charge is 0.294 e. The monoisotopic (exact) mass is 298 g/mol. The number of hydrogen-bond donors (Lipinski definition) is 2. The van der Waals surface area contributed by atoms with Crippen LogP contribution in [-0.4, -0.2) is 39.3 Å². The van der Waals surface area contributed by atoms with Crippen LogP contribution in [0.25, 0.3) is 0 Å². The number of nitrogens with zero attached hydrogens (tertiary/aromatic N) is 4. The predicted molar refractivity (Wildman–Crippen MR) is 86.0 cm³/mol. The van der Waals surface area contributed by atoms with Crippen LogP contribution in [0.4, 0.5) is 11.5 Å². The van der Waals surface area contributed by atoms with E-state index >= 15 is 0 Å². The first-order valence-electron chi connectivity index (χ1n) is 7.47. The van der Waals surface area contributed by atoms with Gasteiger partial charge in [-0.3, -0.25) is 9.48 Å². The third-order valence-corrected chi connectivity index (χ3v) is 4.56. The molecular formula is C15H18N6O. The number of aromatic nitrogens is 2. The Bertz CT molecular complexity index is 835. The molecule has 22 heavy (non-hydrogen) atoms. The molecule has 7 nitrogen and oxygen atoms in total. The third kappa shape index (κ3) is 1.65. The molecule has 114 valence electrons. The number of fused-ring (bicyclic) bond motifs is 1. The highest BCUT2D eigenvalue weighted by Gasteiger charge is 2.28. The van der Waals surface area contributed by atoms with Crippen molar-refractivity contribution in [2.45, 2.75) is 25.9 Å². The van der Waals surface area contributed by atoms with E-state index in [4.69, 9.17) is 11.1 Å². The zero-order valence-corrected chi connectivity index (χ0v) is 12.5. The zero-order chi connectivity index (χ0) is 15.4. The Balaban J connectivity index is 1.86. The van der Waals surface area contributed by atoms with Gasteiger partial charge < -0.3 is 16.0 Å². The second kappa shape index (κ2) is 4.46. The fourth-order valence-electron chi connectivity index (χ4n) is 3.44. The summed E-state index contributed by atoms with van der Waals surface area (Å²) in [5.74, 6) is 0.437. The number of anilines is 1. The van der Waals surface area contributed by atoms with Gasteiger partial charge in [0.2, 0.25) is 0 Å². The summed E-state index contributed by atoms with van der Waals surface area (Å²) < 4.78 is 3.47. The molecule has 2 aliphatic heterocycles. The average Bonchev–Trinajstić information content (AvgIpc) is 3.17. The number of aliphatic imine (C=N–C) groups is 1. The maximum Gasteiger partial charge on any atom is 0.294 e. The summed E-state index contributed by atoms with van der Waals surface area (Å²) in [6.45, 7) is 2.33. The van der Waals surface area contributed by atoms with Crippen LogP contribution < -0.4 is 11.3 Å². The van der Waals surface area contributed by atoms with Gasteiger partial charge in [0.25, 0.3) is 5.56 Å². The minimum Gasteiger partial charge on any atom is -0.382 e. The lowest BCUT2D eigenvalue weighted by atomic mass is 9.99. The highest BCUT2D eigenvalue weighted by atomic mass is 16.1. The molecule has 4 rings (SSSR count). The van der Waals surface area contributed by atoms with Crippen molar-refractivity contribution < 1.29 is 0 Å². The lowest BCUT2D eigenvalue weighted by molar-refractivity contribution is 0.479. The molecule has 0 saturated carbocycles. The lowest BCUT2D eigenvalue weighted by Crippen LogP contribution is -2.22. The van der Waals surface area contributed by atoms with Crippen LogP contribution >= 0.6 is 0 Å². The van der Waals surface area contributed by atoms with E-state index in [0.29, 0.717) is 23.8 Å². The van der Waals surface area contributed by atoms with E-state index in [1.165, 1.54) is 0 Å². The molecule has 1 aliphatic carbocycles. The molecule has 0 saturated heterocycles. The van der Waals surface area contributed by atoms with E-state index in [1.807, 2.05) is 11.7 Å². The van der Waals surface area contributed by atoms with Gasteiger partial charge in [-0.15, -0.1) is 0 Å². The summed E-state index contributed by atoms with van der Waals surface area (Å²) in [6, 6.07) is 0. The topological polar surface area (TPSA) is 92.4 Å². The summed E-state index contributed by atoms with van der Waals surface area (Å²) in [7, 11) is 1.99. The minimum atomic E-state index is -0.126. The van der Waals surface area contributed by atoms with Gasteiger partial charge in [0.15, 0.2) is 11.5 Å². The molecule has 7 heteroatoms. The maximum atomic E-state index is 12.5. The first-order valence-corrected chi connectivity index (χ1v) is 7.47. The van der Waals surface area contributed by atoms with Gasteiger partial charge in [0.1, 0.15) is 0 Å². The summed E-state index contributed by atoms with van der Waals surface area (Å²) in [6.07, 6.45) is 5.32. The Kier molecular flexibility index (Phi) is 2.66. The van der Waals surface area contributed by atoms with Crippen LogP contribution in [0.15, 0.2) is 33.2 Å². The standard InChI is InChI=1S/C15H18N6O/c1-19-8-5-9-10(16)3-4-11(13(9)19)18-12-14(17)20-6-2-7-21(20)15(12)22/h3-4,16H,2,5-8,17H2,1H3. The highest BCUT2D eigenvalue weighted by molar-refractivity contribution is 6.23. The van der Waals surface area contributed by atoms with Gasteiger partial charge in [-0.2, -0.15) is 0 Å². The summed E-state index contributed by atoms with van der Waals surface area (Å²) >= 11 is 0. The van der Waals surface area contributed by atoms with Gasteiger partial charge in [-0.1, -0.05) is 0 Å². The number of rotatable bonds is 1. The van der Waals surface area contributed by atoms with E-state index in [2.05, 4.69) is 9.89 Å². The first kappa shape index (κ1) is 13.1. The van der Waals surface area contributed by atoms with Gasteiger partial charge in [-0.25, -0.2) is 9.67 Å². The van der Waals surface area contributed by atoms with E-state index in [-0.39, 0.29) is 5.56 Å². The summed E-state index contributed by atoms with van der Waals surface area (Å²) in [4.78, 5) is 19.1. The SMILES string of the molecule is CN1CCC2=C1C(=Nc1c(N)n3n(c1=O)CCC3)C=CC2=N. The Morgan fingerprint density at radius 2 is 2.00 bits per heavy atom. The Morgan fingerprint density at radius 3 is 2.77 bits per heavy atom. The molecule has 0 fully saturated rings. The van der Waals surface area contributed by atoms with Crippen LogP contribution in [0.1, 0.15) is 12.8 Å². The van der Waals surface area contributed by atoms with E-state index < -0.39 is 0 Å². The van der Waals surface area contributed by atoms with Gasteiger partial charge in [0.05, 0.1) is 17.1 Å². The van der Waals surface area contributed by atoms with Crippen molar-refractivity contribution in [2.24, 2.45) is 4.99 Å². The Hall–Kier alpha value is -2.57. The molecule has 3 heterocycles. The molecule has 0 amide bonds. The fourth-order valence-corrected chi connectivity index (χ4v) is 3.44. The zero-order valence-electron chi connectivity index (χ0n) is 12.5. The molecule has 1 aromatic heterocycles. The number of nitrogens with two attached hydrogens (primary N) is 1. The second-order valence-electron chi connectivity index (χ2n) is 5.88. The van der Waals surface area contributed by atoms with Crippen LogP contribution in [0.3, 0.4) is 0 Å². The molecule has 0 aromatic carbocycles. The van der Waals surface area contributed by atoms with Crippen LogP contribution in [0.2, 0.25) is 0 Å². The number of nitrogen functional groups attached to an aromatic ring is 1. The van der Waals surface area contributed by atoms with Crippen molar-refractivity contribution in [1.29, 1.82) is 5.41 Å². The molecule has 3 aliphatic rings. The third-order valence-electron chi connectivity index (χ3n) is 4.56. The van der Waals surface area contributed by atoms with Crippen molar-refractivity contribution in [1.82, 2.24) is 14.3 Å².